The van der Waals surface area contributed by atoms with Crippen molar-refractivity contribution in [1.29, 1.82) is 0 Å². The number of nitro benzene ring substituents is 1. The van der Waals surface area contributed by atoms with Crippen molar-refractivity contribution in [2.45, 2.75) is 26.3 Å². The molecule has 0 aromatic heterocycles. The third-order valence-corrected chi connectivity index (χ3v) is 2.98. The standard InChI is InChI=1S/C14H18N2O5/c1-9(2)13(14(18)21-3)15-12(17)8-10-6-4-5-7-11(10)16(19)20/h4-7,9,13H,8H2,1-3H3,(H,15,17). The fraction of sp³-hybridized carbons (Fsp3) is 0.429. The summed E-state index contributed by atoms with van der Waals surface area (Å²) in [4.78, 5) is 33.9. The van der Waals surface area contributed by atoms with Crippen LogP contribution in [0.2, 0.25) is 0 Å². The maximum atomic E-state index is 12.0. The van der Waals surface area contributed by atoms with Crippen LogP contribution in [0.4, 0.5) is 5.69 Å². The van der Waals surface area contributed by atoms with Gasteiger partial charge >= 0.3 is 5.97 Å². The van der Waals surface area contributed by atoms with Gasteiger partial charge in [-0.1, -0.05) is 32.0 Å². The van der Waals surface area contributed by atoms with Crippen molar-refractivity contribution in [2.24, 2.45) is 5.92 Å². The third-order valence-electron chi connectivity index (χ3n) is 2.98. The maximum absolute atomic E-state index is 12.0. The number of hydrogen-bond donors (Lipinski definition) is 1. The third kappa shape index (κ3) is 4.55. The summed E-state index contributed by atoms with van der Waals surface area (Å²) in [5, 5.41) is 13.4. The van der Waals surface area contributed by atoms with E-state index in [1.165, 1.54) is 25.3 Å². The molecule has 1 aromatic rings. The molecule has 0 aliphatic heterocycles. The predicted molar refractivity (Wildman–Crippen MR) is 75.6 cm³/mol. The van der Waals surface area contributed by atoms with Crippen LogP contribution in [0, 0.1) is 16.0 Å². The number of ether oxygens (including phenoxy) is 1. The van der Waals surface area contributed by atoms with E-state index in [2.05, 4.69) is 10.1 Å². The molecule has 0 aliphatic carbocycles. The van der Waals surface area contributed by atoms with Crippen LogP contribution in [0.5, 0.6) is 0 Å². The van der Waals surface area contributed by atoms with E-state index in [0.717, 1.165) is 0 Å². The van der Waals surface area contributed by atoms with Gasteiger partial charge in [0.25, 0.3) is 5.69 Å². The van der Waals surface area contributed by atoms with Crippen LogP contribution >= 0.6 is 0 Å². The summed E-state index contributed by atoms with van der Waals surface area (Å²) in [6.07, 6.45) is -0.169. The fourth-order valence-corrected chi connectivity index (χ4v) is 1.86. The first-order chi connectivity index (χ1) is 9.86. The lowest BCUT2D eigenvalue weighted by Gasteiger charge is -2.19. The number of nitro groups is 1. The molecule has 21 heavy (non-hydrogen) atoms. The summed E-state index contributed by atoms with van der Waals surface area (Å²) >= 11 is 0. The number of esters is 1. The molecule has 7 heteroatoms. The minimum absolute atomic E-state index is 0.119. The number of carbonyl (C=O) groups excluding carboxylic acids is 2. The van der Waals surface area contributed by atoms with Crippen LogP contribution in [0.1, 0.15) is 19.4 Å². The number of methoxy groups -OCH3 is 1. The molecule has 1 atom stereocenters. The van der Waals surface area contributed by atoms with Crippen LogP contribution < -0.4 is 5.32 Å². The van der Waals surface area contributed by atoms with Crippen LogP contribution in [0.3, 0.4) is 0 Å². The summed E-state index contributed by atoms with van der Waals surface area (Å²) in [6.45, 7) is 3.54. The van der Waals surface area contributed by atoms with E-state index >= 15 is 0 Å². The molecule has 0 spiro atoms. The largest absolute Gasteiger partial charge is 0.467 e. The van der Waals surface area contributed by atoms with Gasteiger partial charge in [0.15, 0.2) is 0 Å². The summed E-state index contributed by atoms with van der Waals surface area (Å²) in [6, 6.07) is 5.23. The van der Waals surface area contributed by atoms with Crippen molar-refractivity contribution in [3.05, 3.63) is 39.9 Å². The normalized spacial score (nSPS) is 11.8. The van der Waals surface area contributed by atoms with Gasteiger partial charge in [0, 0.05) is 11.6 Å². The Balaban J connectivity index is 2.82. The van der Waals surface area contributed by atoms with Crippen molar-refractivity contribution in [1.82, 2.24) is 5.32 Å². The van der Waals surface area contributed by atoms with E-state index in [4.69, 9.17) is 0 Å². The zero-order chi connectivity index (χ0) is 16.0. The minimum atomic E-state index is -0.773. The topological polar surface area (TPSA) is 98.5 Å². The van der Waals surface area contributed by atoms with Gasteiger partial charge in [-0.15, -0.1) is 0 Å². The number of nitrogens with one attached hydrogen (secondary N) is 1. The molecule has 0 radical (unpaired) electrons. The van der Waals surface area contributed by atoms with Gasteiger partial charge in [-0.05, 0) is 5.92 Å². The first kappa shape index (κ1) is 16.6. The smallest absolute Gasteiger partial charge is 0.328 e. The highest BCUT2D eigenvalue weighted by atomic mass is 16.6. The lowest BCUT2D eigenvalue weighted by molar-refractivity contribution is -0.385. The average molecular weight is 294 g/mol. The second kappa shape index (κ2) is 7.37. The van der Waals surface area contributed by atoms with Gasteiger partial charge in [0.05, 0.1) is 18.5 Å². The van der Waals surface area contributed by atoms with E-state index in [0.29, 0.717) is 5.56 Å². The SMILES string of the molecule is COC(=O)C(NC(=O)Cc1ccccc1[N+](=O)[O-])C(C)C. The van der Waals surface area contributed by atoms with Gasteiger partial charge in [0.2, 0.25) is 5.91 Å². The van der Waals surface area contributed by atoms with Crippen molar-refractivity contribution in [2.75, 3.05) is 7.11 Å². The van der Waals surface area contributed by atoms with E-state index in [1.54, 1.807) is 19.9 Å². The Morgan fingerprint density at radius 3 is 2.48 bits per heavy atom. The summed E-state index contributed by atoms with van der Waals surface area (Å²) in [7, 11) is 1.24. The Labute approximate surface area is 122 Å². The lowest BCUT2D eigenvalue weighted by atomic mass is 10.0. The van der Waals surface area contributed by atoms with E-state index in [1.807, 2.05) is 0 Å². The van der Waals surface area contributed by atoms with Crippen molar-refractivity contribution >= 4 is 17.6 Å². The molecule has 0 fully saturated rings. The summed E-state index contributed by atoms with van der Waals surface area (Å²) in [5.74, 6) is -1.15. The number of nitrogens with zero attached hydrogens (tertiary/aromatic N) is 1. The fourth-order valence-electron chi connectivity index (χ4n) is 1.86. The Bertz CT molecular complexity index is 542. The molecular weight excluding hydrogens is 276 g/mol. The molecule has 0 heterocycles. The van der Waals surface area contributed by atoms with E-state index in [-0.39, 0.29) is 18.0 Å². The molecular formula is C14H18N2O5. The number of para-hydroxylation sites is 1. The van der Waals surface area contributed by atoms with Crippen LogP contribution in [-0.4, -0.2) is 30.0 Å². The second-order valence-corrected chi connectivity index (χ2v) is 4.87. The predicted octanol–water partition coefficient (Wildman–Crippen LogP) is 1.45. The number of hydrogen-bond acceptors (Lipinski definition) is 5. The quantitative estimate of drug-likeness (QED) is 0.486. The zero-order valence-corrected chi connectivity index (χ0v) is 12.2. The molecule has 1 N–H and O–H groups in total. The Kier molecular flexibility index (Phi) is 5.83. The van der Waals surface area contributed by atoms with E-state index < -0.39 is 22.8 Å². The van der Waals surface area contributed by atoms with Gasteiger partial charge in [0.1, 0.15) is 6.04 Å². The number of carbonyl (C=O) groups is 2. The van der Waals surface area contributed by atoms with Crippen LogP contribution in [0.15, 0.2) is 24.3 Å². The monoisotopic (exact) mass is 294 g/mol. The van der Waals surface area contributed by atoms with E-state index in [9.17, 15) is 19.7 Å². The van der Waals surface area contributed by atoms with Crippen molar-refractivity contribution in [3.8, 4) is 0 Å². The molecule has 7 nitrogen and oxygen atoms in total. The average Bonchev–Trinajstić information content (AvgIpc) is 2.44. The molecule has 0 aliphatic rings. The number of rotatable bonds is 6. The molecule has 114 valence electrons. The Morgan fingerprint density at radius 1 is 1.33 bits per heavy atom. The molecule has 0 saturated heterocycles. The maximum Gasteiger partial charge on any atom is 0.328 e. The minimum Gasteiger partial charge on any atom is -0.467 e. The highest BCUT2D eigenvalue weighted by molar-refractivity contribution is 5.86. The molecule has 0 saturated carbocycles. The number of amides is 1. The first-order valence-electron chi connectivity index (χ1n) is 6.46. The van der Waals surface area contributed by atoms with Gasteiger partial charge in [-0.25, -0.2) is 4.79 Å². The molecule has 1 aromatic carbocycles. The Hall–Kier alpha value is -2.44. The zero-order valence-electron chi connectivity index (χ0n) is 12.2. The Morgan fingerprint density at radius 2 is 1.95 bits per heavy atom. The van der Waals surface area contributed by atoms with Gasteiger partial charge < -0.3 is 10.1 Å². The first-order valence-corrected chi connectivity index (χ1v) is 6.46. The molecule has 1 rings (SSSR count). The summed E-state index contributed by atoms with van der Waals surface area (Å²) in [5.41, 5.74) is 0.180. The lowest BCUT2D eigenvalue weighted by Crippen LogP contribution is -2.45. The van der Waals surface area contributed by atoms with Crippen molar-refractivity contribution < 1.29 is 19.2 Å². The molecule has 1 amide bonds. The highest BCUT2D eigenvalue weighted by Crippen LogP contribution is 2.18. The second-order valence-electron chi connectivity index (χ2n) is 4.87. The number of benzene rings is 1. The van der Waals surface area contributed by atoms with Gasteiger partial charge in [-0.3, -0.25) is 14.9 Å². The highest BCUT2D eigenvalue weighted by Gasteiger charge is 2.25. The molecule has 1 unspecified atom stereocenters. The van der Waals surface area contributed by atoms with Crippen LogP contribution in [0.25, 0.3) is 0 Å². The molecule has 0 bridgehead atoms. The van der Waals surface area contributed by atoms with Crippen LogP contribution in [-0.2, 0) is 20.7 Å². The van der Waals surface area contributed by atoms with Gasteiger partial charge in [-0.2, -0.15) is 0 Å². The van der Waals surface area contributed by atoms with Crippen molar-refractivity contribution in [3.63, 3.8) is 0 Å². The summed E-state index contributed by atoms with van der Waals surface area (Å²) < 4.78 is 4.62.